The van der Waals surface area contributed by atoms with Crippen LogP contribution in [0.3, 0.4) is 0 Å². The molecule has 2 heterocycles. The van der Waals surface area contributed by atoms with Gasteiger partial charge >= 0.3 is 5.97 Å². The Morgan fingerprint density at radius 3 is 2.32 bits per heavy atom. The van der Waals surface area contributed by atoms with Gasteiger partial charge in [0.05, 0.1) is 23.6 Å². The van der Waals surface area contributed by atoms with E-state index in [2.05, 4.69) is 0 Å². The first kappa shape index (κ1) is 15.2. The van der Waals surface area contributed by atoms with Gasteiger partial charge < -0.3 is 14.6 Å². The van der Waals surface area contributed by atoms with E-state index in [-0.39, 0.29) is 17.9 Å². The fourth-order valence-corrected chi connectivity index (χ4v) is 3.13. The van der Waals surface area contributed by atoms with Gasteiger partial charge in [-0.05, 0) is 29.8 Å². The Hall–Kier alpha value is -3.35. The maximum absolute atomic E-state index is 12.7. The molecule has 7 nitrogen and oxygen atoms in total. The van der Waals surface area contributed by atoms with E-state index in [1.54, 1.807) is 42.5 Å². The van der Waals surface area contributed by atoms with Crippen molar-refractivity contribution in [3.05, 3.63) is 59.2 Å². The van der Waals surface area contributed by atoms with Crippen LogP contribution in [0.15, 0.2) is 42.5 Å². The molecule has 0 bridgehead atoms. The standard InChI is InChI=1S/C18H13NO6/c20-16(21)8-13(10-5-6-14-15(7-10)25-9-24-14)19-17(22)11-3-1-2-4-12(11)18(19)23/h1-7,13H,8-9H2,(H,20,21). The summed E-state index contributed by atoms with van der Waals surface area (Å²) in [6.45, 7) is 0.0788. The number of carbonyl (C=O) groups excluding carboxylic acids is 2. The Kier molecular flexibility index (Phi) is 3.42. The van der Waals surface area contributed by atoms with Crippen LogP contribution in [0.4, 0.5) is 0 Å². The molecule has 7 heteroatoms. The number of hydrogen-bond donors (Lipinski definition) is 1. The largest absolute Gasteiger partial charge is 0.481 e. The molecule has 0 spiro atoms. The first-order chi connectivity index (χ1) is 12.1. The van der Waals surface area contributed by atoms with Crippen LogP contribution in [0.1, 0.15) is 38.7 Å². The summed E-state index contributed by atoms with van der Waals surface area (Å²) >= 11 is 0. The lowest BCUT2D eigenvalue weighted by atomic mass is 10.0. The van der Waals surface area contributed by atoms with E-state index < -0.39 is 30.2 Å². The van der Waals surface area contributed by atoms with Crippen molar-refractivity contribution in [3.63, 3.8) is 0 Å². The van der Waals surface area contributed by atoms with E-state index in [0.717, 1.165) is 4.90 Å². The quantitative estimate of drug-likeness (QED) is 0.859. The highest BCUT2D eigenvalue weighted by Gasteiger charge is 2.41. The fraction of sp³-hybridized carbons (Fsp3) is 0.167. The molecule has 0 fully saturated rings. The van der Waals surface area contributed by atoms with Crippen molar-refractivity contribution < 1.29 is 29.0 Å². The molecule has 0 aromatic heterocycles. The Morgan fingerprint density at radius 1 is 1.04 bits per heavy atom. The number of hydrogen-bond acceptors (Lipinski definition) is 5. The Labute approximate surface area is 142 Å². The van der Waals surface area contributed by atoms with Crippen molar-refractivity contribution in [1.82, 2.24) is 4.90 Å². The summed E-state index contributed by atoms with van der Waals surface area (Å²) in [5.41, 5.74) is 1.06. The van der Waals surface area contributed by atoms with Crippen molar-refractivity contribution >= 4 is 17.8 Å². The molecule has 2 aliphatic rings. The van der Waals surface area contributed by atoms with Crippen LogP contribution in [0.25, 0.3) is 0 Å². The Morgan fingerprint density at radius 2 is 1.68 bits per heavy atom. The Balaban J connectivity index is 1.77. The van der Waals surface area contributed by atoms with Crippen LogP contribution in [0.5, 0.6) is 11.5 Å². The predicted molar refractivity (Wildman–Crippen MR) is 84.5 cm³/mol. The summed E-state index contributed by atoms with van der Waals surface area (Å²) in [5, 5.41) is 9.28. The number of fused-ring (bicyclic) bond motifs is 2. The molecule has 2 aromatic carbocycles. The predicted octanol–water partition coefficient (Wildman–Crippen LogP) is 2.23. The number of carbonyl (C=O) groups is 3. The summed E-state index contributed by atoms with van der Waals surface area (Å²) in [5.74, 6) is -1.10. The zero-order valence-corrected chi connectivity index (χ0v) is 13.0. The number of rotatable bonds is 4. The number of aliphatic carboxylic acids is 1. The maximum Gasteiger partial charge on any atom is 0.305 e. The number of imide groups is 1. The van der Waals surface area contributed by atoms with Crippen molar-refractivity contribution in [1.29, 1.82) is 0 Å². The lowest BCUT2D eigenvalue weighted by Crippen LogP contribution is -2.35. The number of carboxylic acids is 1. The molecule has 1 atom stereocenters. The van der Waals surface area contributed by atoms with Gasteiger partial charge in [0, 0.05) is 0 Å². The molecule has 2 aromatic rings. The molecule has 2 amide bonds. The minimum absolute atomic E-state index is 0.0788. The van der Waals surface area contributed by atoms with Crippen LogP contribution in [-0.2, 0) is 4.79 Å². The molecule has 0 aliphatic carbocycles. The van der Waals surface area contributed by atoms with Gasteiger partial charge in [0.1, 0.15) is 0 Å². The van der Waals surface area contributed by atoms with Gasteiger partial charge in [0.15, 0.2) is 11.5 Å². The van der Waals surface area contributed by atoms with Crippen molar-refractivity contribution in [2.75, 3.05) is 6.79 Å². The first-order valence-electron chi connectivity index (χ1n) is 7.64. The highest BCUT2D eigenvalue weighted by atomic mass is 16.7. The molecular formula is C18H13NO6. The van der Waals surface area contributed by atoms with E-state index in [1.807, 2.05) is 0 Å². The maximum atomic E-state index is 12.7. The van der Waals surface area contributed by atoms with E-state index in [0.29, 0.717) is 17.1 Å². The SMILES string of the molecule is O=C(O)CC(c1ccc2c(c1)OCO2)N1C(=O)c2ccccc2C1=O. The van der Waals surface area contributed by atoms with E-state index in [9.17, 15) is 19.5 Å². The van der Waals surface area contributed by atoms with Gasteiger partial charge in [0.2, 0.25) is 6.79 Å². The third-order valence-corrected chi connectivity index (χ3v) is 4.29. The molecule has 1 N–H and O–H groups in total. The number of nitrogens with zero attached hydrogens (tertiary/aromatic N) is 1. The monoisotopic (exact) mass is 339 g/mol. The number of amides is 2. The average molecular weight is 339 g/mol. The minimum atomic E-state index is -1.11. The third kappa shape index (κ3) is 2.40. The number of ether oxygens (including phenoxy) is 2. The van der Waals surface area contributed by atoms with Crippen LogP contribution in [-0.4, -0.2) is 34.6 Å². The summed E-state index contributed by atoms with van der Waals surface area (Å²) in [4.78, 5) is 37.8. The first-order valence-corrected chi connectivity index (χ1v) is 7.64. The minimum Gasteiger partial charge on any atom is -0.481 e. The Bertz CT molecular complexity index is 871. The van der Waals surface area contributed by atoms with Gasteiger partial charge in [-0.25, -0.2) is 0 Å². The topological polar surface area (TPSA) is 93.1 Å². The second kappa shape index (κ2) is 5.62. The molecule has 2 aliphatic heterocycles. The molecule has 0 radical (unpaired) electrons. The average Bonchev–Trinajstić information content (AvgIpc) is 3.16. The highest BCUT2D eigenvalue weighted by molar-refractivity contribution is 6.21. The van der Waals surface area contributed by atoms with Crippen molar-refractivity contribution in [3.8, 4) is 11.5 Å². The third-order valence-electron chi connectivity index (χ3n) is 4.29. The van der Waals surface area contributed by atoms with Crippen LogP contribution in [0, 0.1) is 0 Å². The lowest BCUT2D eigenvalue weighted by Gasteiger charge is -2.25. The van der Waals surface area contributed by atoms with E-state index in [4.69, 9.17) is 9.47 Å². The second-order valence-electron chi connectivity index (χ2n) is 5.75. The molecule has 4 rings (SSSR count). The summed E-state index contributed by atoms with van der Waals surface area (Å²) < 4.78 is 10.6. The molecule has 126 valence electrons. The molecule has 1 unspecified atom stereocenters. The van der Waals surface area contributed by atoms with Crippen LogP contribution < -0.4 is 9.47 Å². The normalized spacial score (nSPS) is 16.1. The van der Waals surface area contributed by atoms with Crippen molar-refractivity contribution in [2.45, 2.75) is 12.5 Å². The molecular weight excluding hydrogens is 326 g/mol. The van der Waals surface area contributed by atoms with Gasteiger partial charge in [0.25, 0.3) is 11.8 Å². The van der Waals surface area contributed by atoms with Gasteiger partial charge in [-0.3, -0.25) is 19.3 Å². The summed E-state index contributed by atoms with van der Waals surface area (Å²) in [7, 11) is 0. The zero-order chi connectivity index (χ0) is 17.6. The summed E-state index contributed by atoms with van der Waals surface area (Å²) in [6, 6.07) is 10.4. The zero-order valence-electron chi connectivity index (χ0n) is 13.0. The van der Waals surface area contributed by atoms with Crippen LogP contribution in [0.2, 0.25) is 0 Å². The fourth-order valence-electron chi connectivity index (χ4n) is 3.13. The molecule has 0 saturated carbocycles. The second-order valence-corrected chi connectivity index (χ2v) is 5.75. The molecule has 0 saturated heterocycles. The van der Waals surface area contributed by atoms with Gasteiger partial charge in [-0.15, -0.1) is 0 Å². The van der Waals surface area contributed by atoms with Gasteiger partial charge in [-0.1, -0.05) is 18.2 Å². The highest BCUT2D eigenvalue weighted by Crippen LogP contribution is 2.39. The number of carboxylic acid groups (broad SMARTS) is 1. The lowest BCUT2D eigenvalue weighted by molar-refractivity contribution is -0.138. The number of benzene rings is 2. The molecule has 25 heavy (non-hydrogen) atoms. The smallest absolute Gasteiger partial charge is 0.305 e. The van der Waals surface area contributed by atoms with E-state index >= 15 is 0 Å². The van der Waals surface area contributed by atoms with E-state index in [1.165, 1.54) is 0 Å². The van der Waals surface area contributed by atoms with Gasteiger partial charge in [-0.2, -0.15) is 0 Å². The summed E-state index contributed by atoms with van der Waals surface area (Å²) in [6.07, 6.45) is -0.398. The van der Waals surface area contributed by atoms with Crippen LogP contribution >= 0.6 is 0 Å². The van der Waals surface area contributed by atoms with Crippen molar-refractivity contribution in [2.24, 2.45) is 0 Å².